The van der Waals surface area contributed by atoms with Gasteiger partial charge in [-0.1, -0.05) is 42.5 Å². The number of amides is 3. The van der Waals surface area contributed by atoms with Gasteiger partial charge in [-0.2, -0.15) is 0 Å². The van der Waals surface area contributed by atoms with Gasteiger partial charge in [0.25, 0.3) is 0 Å². The predicted molar refractivity (Wildman–Crippen MR) is 120 cm³/mol. The van der Waals surface area contributed by atoms with E-state index in [-0.39, 0.29) is 11.9 Å². The number of ether oxygens (including phenoxy) is 1. The largest absolute Gasteiger partial charge is 0.493 e. The maximum absolute atomic E-state index is 12.4. The summed E-state index contributed by atoms with van der Waals surface area (Å²) in [5.41, 5.74) is 3.99. The third-order valence-corrected chi connectivity index (χ3v) is 4.40. The Bertz CT molecular complexity index is 1020. The van der Waals surface area contributed by atoms with Crippen LogP contribution in [0, 0.1) is 6.92 Å². The van der Waals surface area contributed by atoms with Crippen LogP contribution in [-0.2, 0) is 11.2 Å². The minimum atomic E-state index is -0.380. The first kappa shape index (κ1) is 20.9. The lowest BCUT2D eigenvalue weighted by Crippen LogP contribution is -2.19. The summed E-state index contributed by atoms with van der Waals surface area (Å²) < 4.78 is 5.80. The predicted octanol–water partition coefficient (Wildman–Crippen LogP) is 5.22. The fourth-order valence-electron chi connectivity index (χ4n) is 2.91. The molecular weight excluding hydrogens is 378 g/mol. The van der Waals surface area contributed by atoms with Gasteiger partial charge in [0.15, 0.2) is 0 Å². The molecule has 3 N–H and O–H groups in total. The molecule has 6 nitrogen and oxygen atoms in total. The van der Waals surface area contributed by atoms with Crippen molar-refractivity contribution in [3.8, 4) is 5.75 Å². The number of carbonyl (C=O) groups is 2. The van der Waals surface area contributed by atoms with Crippen molar-refractivity contribution in [2.24, 2.45) is 0 Å². The van der Waals surface area contributed by atoms with Crippen molar-refractivity contribution >= 4 is 29.0 Å². The number of hydrogen-bond acceptors (Lipinski definition) is 3. The molecule has 3 aromatic rings. The Morgan fingerprint density at radius 1 is 0.833 bits per heavy atom. The molecule has 3 amide bonds. The van der Waals surface area contributed by atoms with E-state index in [1.54, 1.807) is 24.3 Å². The molecule has 6 heteroatoms. The standard InChI is InChI=1S/C24H25N3O3/c1-17-11-12-21(16-23(17)25-18(2)28)27-24(29)26-20-9-6-10-22(15-20)30-14-13-19-7-4-3-5-8-19/h3-12,15-16H,13-14H2,1-2H3,(H,25,28)(H2,26,27,29). The van der Waals surface area contributed by atoms with Crippen LogP contribution in [0.4, 0.5) is 21.9 Å². The molecule has 0 aliphatic carbocycles. The average molecular weight is 403 g/mol. The SMILES string of the molecule is CC(=O)Nc1cc(NC(=O)Nc2cccc(OCCc3ccccc3)c2)ccc1C. The number of hydrogen-bond donors (Lipinski definition) is 3. The maximum Gasteiger partial charge on any atom is 0.323 e. The van der Waals surface area contributed by atoms with Crippen LogP contribution in [0.1, 0.15) is 18.1 Å². The van der Waals surface area contributed by atoms with E-state index in [1.165, 1.54) is 12.5 Å². The lowest BCUT2D eigenvalue weighted by molar-refractivity contribution is -0.114. The molecule has 0 atom stereocenters. The van der Waals surface area contributed by atoms with Crippen molar-refractivity contribution in [2.75, 3.05) is 22.6 Å². The summed E-state index contributed by atoms with van der Waals surface area (Å²) in [5.74, 6) is 0.524. The van der Waals surface area contributed by atoms with E-state index in [0.29, 0.717) is 29.4 Å². The molecule has 154 valence electrons. The maximum atomic E-state index is 12.4. The van der Waals surface area contributed by atoms with Crippen LogP contribution in [0.15, 0.2) is 72.8 Å². The average Bonchev–Trinajstić information content (AvgIpc) is 2.71. The van der Waals surface area contributed by atoms with Crippen molar-refractivity contribution in [1.82, 2.24) is 0 Å². The summed E-state index contributed by atoms with van der Waals surface area (Å²) in [4.78, 5) is 23.7. The zero-order valence-electron chi connectivity index (χ0n) is 17.1. The normalized spacial score (nSPS) is 10.2. The van der Waals surface area contributed by atoms with E-state index in [0.717, 1.165) is 12.0 Å². The van der Waals surface area contributed by atoms with Gasteiger partial charge in [0.2, 0.25) is 5.91 Å². The molecule has 0 bridgehead atoms. The zero-order valence-corrected chi connectivity index (χ0v) is 17.1. The van der Waals surface area contributed by atoms with E-state index >= 15 is 0 Å². The second-order valence-corrected chi connectivity index (χ2v) is 6.90. The minimum absolute atomic E-state index is 0.163. The molecule has 0 aromatic heterocycles. The number of carbonyl (C=O) groups excluding carboxylic acids is 2. The quantitative estimate of drug-likeness (QED) is 0.506. The Labute approximate surface area is 176 Å². The van der Waals surface area contributed by atoms with Crippen LogP contribution < -0.4 is 20.7 Å². The second kappa shape index (κ2) is 10.1. The Kier molecular flexibility index (Phi) is 7.05. The number of benzene rings is 3. The van der Waals surface area contributed by atoms with Crippen LogP contribution >= 0.6 is 0 Å². The van der Waals surface area contributed by atoms with Gasteiger partial charge in [0, 0.05) is 36.5 Å². The van der Waals surface area contributed by atoms with E-state index in [2.05, 4.69) is 28.1 Å². The Morgan fingerprint density at radius 2 is 1.57 bits per heavy atom. The summed E-state index contributed by atoms with van der Waals surface area (Å²) in [5, 5.41) is 8.32. The summed E-state index contributed by atoms with van der Waals surface area (Å²) in [6, 6.07) is 22.3. The molecule has 0 spiro atoms. The minimum Gasteiger partial charge on any atom is -0.493 e. The molecular formula is C24H25N3O3. The van der Waals surface area contributed by atoms with Crippen molar-refractivity contribution in [2.45, 2.75) is 20.3 Å². The van der Waals surface area contributed by atoms with E-state index < -0.39 is 0 Å². The van der Waals surface area contributed by atoms with Crippen LogP contribution in [-0.4, -0.2) is 18.5 Å². The molecule has 3 rings (SSSR count). The molecule has 0 fully saturated rings. The zero-order chi connectivity index (χ0) is 21.3. The van der Waals surface area contributed by atoms with Gasteiger partial charge < -0.3 is 20.7 Å². The highest BCUT2D eigenvalue weighted by molar-refractivity contribution is 6.00. The van der Waals surface area contributed by atoms with Crippen molar-refractivity contribution in [3.63, 3.8) is 0 Å². The number of nitrogens with one attached hydrogen (secondary N) is 3. The Hall–Kier alpha value is -3.80. The van der Waals surface area contributed by atoms with Gasteiger partial charge in [-0.05, 0) is 42.3 Å². The molecule has 3 aromatic carbocycles. The molecule has 0 radical (unpaired) electrons. The molecule has 30 heavy (non-hydrogen) atoms. The van der Waals surface area contributed by atoms with Crippen LogP contribution in [0.25, 0.3) is 0 Å². The fourth-order valence-corrected chi connectivity index (χ4v) is 2.91. The molecule has 0 aliphatic rings. The first-order chi connectivity index (χ1) is 14.5. The van der Waals surface area contributed by atoms with Gasteiger partial charge in [-0.3, -0.25) is 4.79 Å². The topological polar surface area (TPSA) is 79.5 Å². The van der Waals surface area contributed by atoms with Crippen LogP contribution in [0.3, 0.4) is 0 Å². The van der Waals surface area contributed by atoms with Crippen molar-refractivity contribution in [3.05, 3.63) is 83.9 Å². The van der Waals surface area contributed by atoms with Crippen molar-refractivity contribution < 1.29 is 14.3 Å². The van der Waals surface area contributed by atoms with E-state index in [9.17, 15) is 9.59 Å². The second-order valence-electron chi connectivity index (χ2n) is 6.90. The molecule has 0 aliphatic heterocycles. The van der Waals surface area contributed by atoms with Gasteiger partial charge >= 0.3 is 6.03 Å². The lowest BCUT2D eigenvalue weighted by Gasteiger charge is -2.12. The molecule has 0 heterocycles. The summed E-state index contributed by atoms with van der Waals surface area (Å²) in [6.07, 6.45) is 0.809. The highest BCUT2D eigenvalue weighted by atomic mass is 16.5. The Balaban J connectivity index is 1.55. The fraction of sp³-hybridized carbons (Fsp3) is 0.167. The van der Waals surface area contributed by atoms with Gasteiger partial charge in [0.1, 0.15) is 5.75 Å². The Morgan fingerprint density at radius 3 is 2.30 bits per heavy atom. The number of rotatable bonds is 7. The van der Waals surface area contributed by atoms with E-state index in [4.69, 9.17) is 4.74 Å². The number of aryl methyl sites for hydroxylation is 1. The number of urea groups is 1. The highest BCUT2D eigenvalue weighted by Gasteiger charge is 2.07. The molecule has 0 unspecified atom stereocenters. The highest BCUT2D eigenvalue weighted by Crippen LogP contribution is 2.21. The first-order valence-corrected chi connectivity index (χ1v) is 9.72. The summed E-state index contributed by atoms with van der Waals surface area (Å²) in [7, 11) is 0. The third kappa shape index (κ3) is 6.38. The molecule has 0 saturated carbocycles. The lowest BCUT2D eigenvalue weighted by atomic mass is 10.2. The summed E-state index contributed by atoms with van der Waals surface area (Å²) >= 11 is 0. The van der Waals surface area contributed by atoms with Crippen LogP contribution in [0.5, 0.6) is 5.75 Å². The number of anilines is 3. The smallest absolute Gasteiger partial charge is 0.323 e. The van der Waals surface area contributed by atoms with Gasteiger partial charge in [0.05, 0.1) is 6.61 Å². The molecule has 0 saturated heterocycles. The third-order valence-electron chi connectivity index (χ3n) is 4.40. The summed E-state index contributed by atoms with van der Waals surface area (Å²) in [6.45, 7) is 3.88. The first-order valence-electron chi connectivity index (χ1n) is 9.72. The monoisotopic (exact) mass is 403 g/mol. The van der Waals surface area contributed by atoms with E-state index in [1.807, 2.05) is 43.3 Å². The van der Waals surface area contributed by atoms with Crippen molar-refractivity contribution in [1.29, 1.82) is 0 Å². The van der Waals surface area contributed by atoms with Gasteiger partial charge in [-0.15, -0.1) is 0 Å². The van der Waals surface area contributed by atoms with Gasteiger partial charge in [-0.25, -0.2) is 4.79 Å². The van der Waals surface area contributed by atoms with Crippen LogP contribution in [0.2, 0.25) is 0 Å².